The van der Waals surface area contributed by atoms with Crippen LogP contribution in [0.3, 0.4) is 0 Å². The minimum atomic E-state index is -0.0414. The van der Waals surface area contributed by atoms with E-state index < -0.39 is 0 Å². The molecule has 0 spiro atoms. The number of carbonyl (C=O) groups excluding carboxylic acids is 1. The molecule has 0 aliphatic carbocycles. The van der Waals surface area contributed by atoms with Gasteiger partial charge in [-0.05, 0) is 26.2 Å². The van der Waals surface area contributed by atoms with Crippen molar-refractivity contribution < 1.29 is 9.90 Å². The van der Waals surface area contributed by atoms with Crippen LogP contribution >= 0.6 is 0 Å². The Hall–Kier alpha value is -0.370. The van der Waals surface area contributed by atoms with Crippen LogP contribution in [0.1, 0.15) is 181 Å². The molecule has 0 amide bonds. The van der Waals surface area contributed by atoms with Crippen LogP contribution in [0.15, 0.2) is 0 Å². The van der Waals surface area contributed by atoms with Crippen LogP contribution in [0.5, 0.6) is 0 Å². The van der Waals surface area contributed by atoms with Crippen molar-refractivity contribution in [3.63, 3.8) is 0 Å². The minimum Gasteiger partial charge on any atom is -0.393 e. The Morgan fingerprint density at radius 2 is 0.781 bits per heavy atom. The number of ketones is 1. The van der Waals surface area contributed by atoms with Crippen LogP contribution in [0.4, 0.5) is 0 Å². The highest BCUT2D eigenvalue weighted by atomic mass is 16.3. The molecular formula is C30H60O2. The van der Waals surface area contributed by atoms with Crippen molar-refractivity contribution in [2.24, 2.45) is 0 Å². The zero-order valence-corrected chi connectivity index (χ0v) is 22.3. The first-order valence-electron chi connectivity index (χ1n) is 14.8. The van der Waals surface area contributed by atoms with E-state index in [0.717, 1.165) is 25.7 Å². The van der Waals surface area contributed by atoms with Gasteiger partial charge in [-0.15, -0.1) is 0 Å². The van der Waals surface area contributed by atoms with Gasteiger partial charge in [-0.25, -0.2) is 0 Å². The molecule has 0 saturated carbocycles. The molecule has 0 fully saturated rings. The second-order valence-electron chi connectivity index (χ2n) is 10.5. The highest BCUT2D eigenvalue weighted by Crippen LogP contribution is 2.16. The molecule has 1 atom stereocenters. The number of rotatable bonds is 27. The Bertz CT molecular complexity index is 366. The number of unbranched alkanes of at least 4 members (excludes halogenated alkanes) is 21. The summed E-state index contributed by atoms with van der Waals surface area (Å²) in [5.41, 5.74) is 0. The van der Waals surface area contributed by atoms with E-state index in [9.17, 15) is 9.90 Å². The fourth-order valence-electron chi connectivity index (χ4n) is 4.71. The number of aliphatic hydroxyl groups is 1. The molecule has 0 radical (unpaired) electrons. The Labute approximate surface area is 202 Å². The van der Waals surface area contributed by atoms with Crippen molar-refractivity contribution in [3.05, 3.63) is 0 Å². The molecule has 192 valence electrons. The number of Topliss-reactive ketones (excluding diaryl/α,β-unsaturated/α-hetero) is 1. The maximum atomic E-state index is 10.9. The van der Waals surface area contributed by atoms with E-state index in [-0.39, 0.29) is 6.10 Å². The second kappa shape index (κ2) is 26.9. The third-order valence-electron chi connectivity index (χ3n) is 6.96. The molecule has 0 aliphatic heterocycles. The first-order chi connectivity index (χ1) is 15.7. The Balaban J connectivity index is 3.09. The predicted molar refractivity (Wildman–Crippen MR) is 142 cm³/mol. The number of hydrogen-bond donors (Lipinski definition) is 1. The van der Waals surface area contributed by atoms with Gasteiger partial charge in [-0.1, -0.05) is 148 Å². The molecule has 2 nitrogen and oxygen atoms in total. The molecule has 0 aliphatic rings. The van der Waals surface area contributed by atoms with Gasteiger partial charge in [0, 0.05) is 6.42 Å². The molecular weight excluding hydrogens is 392 g/mol. The summed E-state index contributed by atoms with van der Waals surface area (Å²) in [6.45, 7) is 3.95. The maximum Gasteiger partial charge on any atom is 0.129 e. The van der Waals surface area contributed by atoms with E-state index in [1.54, 1.807) is 6.92 Å². The minimum absolute atomic E-state index is 0.0414. The second-order valence-corrected chi connectivity index (χ2v) is 10.5. The first kappa shape index (κ1) is 31.6. The summed E-state index contributed by atoms with van der Waals surface area (Å²) in [6, 6.07) is 0. The first-order valence-corrected chi connectivity index (χ1v) is 14.8. The van der Waals surface area contributed by atoms with Crippen molar-refractivity contribution in [2.45, 2.75) is 187 Å². The highest BCUT2D eigenvalue weighted by molar-refractivity contribution is 5.75. The SMILES string of the molecule is CCCCCCCC(O)CCCCCCCCCCCCCCCCCCCCC(C)=O. The van der Waals surface area contributed by atoms with E-state index in [4.69, 9.17) is 0 Å². The molecule has 0 aromatic rings. The van der Waals surface area contributed by atoms with Gasteiger partial charge in [-0.3, -0.25) is 0 Å². The summed E-state index contributed by atoms with van der Waals surface area (Å²) in [6.07, 6.45) is 33.8. The molecule has 2 heteroatoms. The molecule has 0 aromatic carbocycles. The van der Waals surface area contributed by atoms with Gasteiger partial charge in [0.1, 0.15) is 5.78 Å². The number of aliphatic hydroxyl groups excluding tert-OH is 1. The van der Waals surface area contributed by atoms with Crippen molar-refractivity contribution in [2.75, 3.05) is 0 Å². The third kappa shape index (κ3) is 27.7. The van der Waals surface area contributed by atoms with Crippen LogP contribution < -0.4 is 0 Å². The van der Waals surface area contributed by atoms with Crippen molar-refractivity contribution in [1.82, 2.24) is 0 Å². The summed E-state index contributed by atoms with van der Waals surface area (Å²) in [5.74, 6) is 0.343. The summed E-state index contributed by atoms with van der Waals surface area (Å²) in [4.78, 5) is 10.9. The largest absolute Gasteiger partial charge is 0.393 e. The van der Waals surface area contributed by atoms with Crippen LogP contribution in [0.2, 0.25) is 0 Å². The van der Waals surface area contributed by atoms with Gasteiger partial charge >= 0.3 is 0 Å². The fraction of sp³-hybridized carbons (Fsp3) is 0.967. The van der Waals surface area contributed by atoms with Crippen molar-refractivity contribution in [1.29, 1.82) is 0 Å². The summed E-state index contributed by atoms with van der Waals surface area (Å²) in [5, 5.41) is 10.1. The van der Waals surface area contributed by atoms with E-state index >= 15 is 0 Å². The standard InChI is InChI=1S/C30H60O2/c1-3-4-5-20-24-27-30(32)28-25-22-19-17-15-13-11-9-7-6-8-10-12-14-16-18-21-23-26-29(2)31/h30,32H,3-28H2,1-2H3. The van der Waals surface area contributed by atoms with Gasteiger partial charge in [0.25, 0.3) is 0 Å². The van der Waals surface area contributed by atoms with Crippen LogP contribution in [-0.2, 0) is 4.79 Å². The average Bonchev–Trinajstić information content (AvgIpc) is 2.77. The Kier molecular flexibility index (Phi) is 26.6. The topological polar surface area (TPSA) is 37.3 Å². The average molecular weight is 453 g/mol. The van der Waals surface area contributed by atoms with E-state index in [1.165, 1.54) is 141 Å². The lowest BCUT2D eigenvalue weighted by Crippen LogP contribution is -2.05. The molecule has 0 heterocycles. The van der Waals surface area contributed by atoms with Crippen LogP contribution in [-0.4, -0.2) is 17.0 Å². The molecule has 0 saturated heterocycles. The van der Waals surface area contributed by atoms with E-state index in [2.05, 4.69) is 6.92 Å². The molecule has 0 bridgehead atoms. The lowest BCUT2D eigenvalue weighted by Gasteiger charge is -2.10. The van der Waals surface area contributed by atoms with Gasteiger partial charge in [-0.2, -0.15) is 0 Å². The summed E-state index contributed by atoms with van der Waals surface area (Å²) < 4.78 is 0. The zero-order valence-electron chi connectivity index (χ0n) is 22.3. The third-order valence-corrected chi connectivity index (χ3v) is 6.96. The number of carbonyl (C=O) groups is 1. The Morgan fingerprint density at radius 3 is 1.09 bits per heavy atom. The van der Waals surface area contributed by atoms with Crippen molar-refractivity contribution in [3.8, 4) is 0 Å². The predicted octanol–water partition coefficient (Wildman–Crippen LogP) is 10.1. The quantitative estimate of drug-likeness (QED) is 0.126. The normalized spacial score (nSPS) is 12.3. The van der Waals surface area contributed by atoms with Gasteiger partial charge < -0.3 is 9.90 Å². The van der Waals surface area contributed by atoms with Gasteiger partial charge in [0.2, 0.25) is 0 Å². The Morgan fingerprint density at radius 1 is 0.500 bits per heavy atom. The molecule has 0 aromatic heterocycles. The van der Waals surface area contributed by atoms with Gasteiger partial charge in [0.15, 0.2) is 0 Å². The van der Waals surface area contributed by atoms with E-state index in [1.807, 2.05) is 0 Å². The molecule has 1 unspecified atom stereocenters. The zero-order chi connectivity index (χ0) is 23.5. The van der Waals surface area contributed by atoms with Crippen LogP contribution in [0.25, 0.3) is 0 Å². The summed E-state index contributed by atoms with van der Waals surface area (Å²) in [7, 11) is 0. The monoisotopic (exact) mass is 452 g/mol. The number of hydrogen-bond acceptors (Lipinski definition) is 2. The lowest BCUT2D eigenvalue weighted by atomic mass is 10.0. The molecule has 1 N–H and O–H groups in total. The highest BCUT2D eigenvalue weighted by Gasteiger charge is 2.03. The van der Waals surface area contributed by atoms with Gasteiger partial charge in [0.05, 0.1) is 6.10 Å². The van der Waals surface area contributed by atoms with Crippen LogP contribution in [0, 0.1) is 0 Å². The molecule has 0 rings (SSSR count). The lowest BCUT2D eigenvalue weighted by molar-refractivity contribution is -0.117. The fourth-order valence-corrected chi connectivity index (χ4v) is 4.71. The smallest absolute Gasteiger partial charge is 0.129 e. The summed E-state index contributed by atoms with van der Waals surface area (Å²) >= 11 is 0. The van der Waals surface area contributed by atoms with E-state index in [0.29, 0.717) is 5.78 Å². The van der Waals surface area contributed by atoms with Crippen molar-refractivity contribution >= 4 is 5.78 Å². The maximum absolute atomic E-state index is 10.9. The molecule has 32 heavy (non-hydrogen) atoms.